The van der Waals surface area contributed by atoms with Crippen molar-refractivity contribution < 1.29 is 37.8 Å². The van der Waals surface area contributed by atoms with Gasteiger partial charge in [0.25, 0.3) is 8.32 Å². The van der Waals surface area contributed by atoms with Crippen molar-refractivity contribution in [1.29, 1.82) is 0 Å². The number of nitrogens with one attached hydrogen (secondary N) is 2. The average molecular weight is 611 g/mol. The van der Waals surface area contributed by atoms with E-state index in [0.717, 1.165) is 0 Å². The van der Waals surface area contributed by atoms with Crippen LogP contribution in [0, 0.1) is 12.8 Å². The molecule has 41 heavy (non-hydrogen) atoms. The molecule has 0 saturated heterocycles. The molecule has 0 saturated carbocycles. The number of hydrogen-bond acceptors (Lipinski definition) is 9. The molecule has 2 atom stereocenters. The molecule has 12 heteroatoms. The van der Waals surface area contributed by atoms with Crippen LogP contribution in [-0.2, 0) is 29.6 Å². The Kier molecular flexibility index (Phi) is 11.3. The van der Waals surface area contributed by atoms with Crippen LogP contribution in [0.25, 0.3) is 0 Å². The minimum absolute atomic E-state index is 0.0531. The summed E-state index contributed by atoms with van der Waals surface area (Å²) in [5.74, 6) is -0.414. The van der Waals surface area contributed by atoms with Gasteiger partial charge < -0.3 is 29.3 Å². The molecule has 2 rings (SSSR count). The molecule has 0 aliphatic carbocycles. The van der Waals surface area contributed by atoms with Crippen LogP contribution in [0.4, 0.5) is 4.79 Å². The van der Waals surface area contributed by atoms with Crippen molar-refractivity contribution in [2.24, 2.45) is 5.92 Å². The first-order valence-corrected chi connectivity index (χ1v) is 17.8. The zero-order chi connectivity index (χ0) is 31.3. The Labute approximate surface area is 249 Å². The molecule has 0 aromatic heterocycles. The summed E-state index contributed by atoms with van der Waals surface area (Å²) < 4.78 is 22.4. The highest BCUT2D eigenvalue weighted by atomic mass is 32.2. The van der Waals surface area contributed by atoms with Crippen molar-refractivity contribution in [1.82, 2.24) is 10.6 Å². The highest BCUT2D eigenvalue weighted by molar-refractivity contribution is 7.98. The van der Waals surface area contributed by atoms with Gasteiger partial charge in [-0.15, -0.1) is 0 Å². The van der Waals surface area contributed by atoms with E-state index in [4.69, 9.17) is 18.6 Å². The fraction of sp³-hybridized carbons (Fsp3) is 0.655. The number of hydrogen-bond donors (Lipinski definition) is 2. The van der Waals surface area contributed by atoms with Crippen LogP contribution in [0.2, 0.25) is 18.1 Å². The lowest BCUT2D eigenvalue weighted by Crippen LogP contribution is -2.55. The second-order valence-electron chi connectivity index (χ2n) is 12.6. The van der Waals surface area contributed by atoms with Gasteiger partial charge in [0.2, 0.25) is 5.91 Å². The van der Waals surface area contributed by atoms with Crippen LogP contribution in [0.15, 0.2) is 12.1 Å². The second kappa shape index (κ2) is 13.5. The van der Waals surface area contributed by atoms with Crippen molar-refractivity contribution in [3.63, 3.8) is 0 Å². The first-order chi connectivity index (χ1) is 18.8. The van der Waals surface area contributed by atoms with Crippen molar-refractivity contribution in [3.8, 4) is 5.75 Å². The topological polar surface area (TPSA) is 129 Å². The van der Waals surface area contributed by atoms with Crippen molar-refractivity contribution in [2.75, 3.05) is 19.5 Å². The molecule has 2 amide bonds. The van der Waals surface area contributed by atoms with Crippen LogP contribution in [0.1, 0.15) is 70.0 Å². The van der Waals surface area contributed by atoms with E-state index in [9.17, 15) is 19.2 Å². The van der Waals surface area contributed by atoms with Gasteiger partial charge >= 0.3 is 18.0 Å². The smallest absolute Gasteiger partial charge is 0.408 e. The molecule has 0 fully saturated rings. The van der Waals surface area contributed by atoms with Crippen molar-refractivity contribution in [3.05, 3.63) is 28.8 Å². The number of amides is 2. The molecule has 1 aromatic rings. The maximum atomic E-state index is 13.5. The van der Waals surface area contributed by atoms with E-state index in [1.807, 2.05) is 19.1 Å². The summed E-state index contributed by atoms with van der Waals surface area (Å²) >= 11 is 1.36. The van der Waals surface area contributed by atoms with Gasteiger partial charge in [0.1, 0.15) is 30.0 Å². The highest BCUT2D eigenvalue weighted by Crippen LogP contribution is 2.45. The lowest BCUT2D eigenvalue weighted by atomic mass is 9.99. The number of thioether (sulfide) groups is 1. The van der Waals surface area contributed by atoms with Gasteiger partial charge in [-0.1, -0.05) is 33.8 Å². The lowest BCUT2D eigenvalue weighted by Gasteiger charge is -2.42. The number of cyclic esters (lactones) is 1. The SMILES string of the molecule is COC(=O)[C@@H]1CSCc2ccc(O[Si](C)(C)C(C)(C)C(C)C)c(C)c2C(=O)OC[C@@H](NC(=O)OC(C)(C)C)C(=O)N1. The third-order valence-corrected chi connectivity index (χ3v) is 13.3. The maximum Gasteiger partial charge on any atom is 0.408 e. The summed E-state index contributed by atoms with van der Waals surface area (Å²) in [6.07, 6.45) is -0.864. The molecule has 0 spiro atoms. The molecular weight excluding hydrogens is 564 g/mol. The number of carbonyl (C=O) groups excluding carboxylic acids is 4. The molecule has 0 radical (unpaired) electrons. The summed E-state index contributed by atoms with van der Waals surface area (Å²) in [7, 11) is -1.06. The standard InChI is InChI=1S/C29H46N2O8SSi/c1-17(2)29(7,8)41(10,11)39-22-13-12-19-15-40-16-21(25(33)36-9)30-24(32)20(31-27(35)38-28(4,5)6)14-37-26(34)23(19)18(22)3/h12-13,17,20-21H,14-16H2,1-11H3,(H,30,32)(H,31,35)/t20-,21+/m1/s1. The Balaban J connectivity index is 2.49. The number of benzene rings is 1. The molecule has 10 nitrogen and oxygen atoms in total. The van der Waals surface area contributed by atoms with E-state index in [1.165, 1.54) is 18.9 Å². The number of fused-ring (bicyclic) bond motifs is 1. The van der Waals surface area contributed by atoms with E-state index in [2.05, 4.69) is 51.4 Å². The number of ether oxygens (including phenoxy) is 3. The molecule has 1 aliphatic heterocycles. The van der Waals surface area contributed by atoms with Gasteiger partial charge in [-0.05, 0) is 63.4 Å². The molecule has 2 N–H and O–H groups in total. The minimum Gasteiger partial charge on any atom is -0.543 e. The molecule has 1 heterocycles. The second-order valence-corrected chi connectivity index (χ2v) is 18.2. The number of carbonyl (C=O) groups is 4. The molecule has 1 aliphatic rings. The fourth-order valence-electron chi connectivity index (χ4n) is 4.10. The Morgan fingerprint density at radius 2 is 1.78 bits per heavy atom. The predicted octanol–water partition coefficient (Wildman–Crippen LogP) is 4.97. The number of methoxy groups -OCH3 is 1. The third-order valence-electron chi connectivity index (χ3n) is 7.80. The lowest BCUT2D eigenvalue weighted by molar-refractivity contribution is -0.144. The van der Waals surface area contributed by atoms with Gasteiger partial charge in [0, 0.05) is 17.1 Å². The Hall–Kier alpha value is -2.73. The first kappa shape index (κ1) is 34.5. The monoisotopic (exact) mass is 610 g/mol. The van der Waals surface area contributed by atoms with E-state index < -0.39 is 56.5 Å². The Morgan fingerprint density at radius 3 is 2.34 bits per heavy atom. The third kappa shape index (κ3) is 8.88. The Morgan fingerprint density at radius 1 is 1.15 bits per heavy atom. The van der Waals surface area contributed by atoms with Gasteiger partial charge in [-0.3, -0.25) is 4.79 Å². The maximum absolute atomic E-state index is 13.5. The van der Waals surface area contributed by atoms with Crippen LogP contribution in [0.3, 0.4) is 0 Å². The zero-order valence-electron chi connectivity index (χ0n) is 26.2. The fourth-order valence-corrected chi connectivity index (χ4v) is 7.56. The van der Waals surface area contributed by atoms with E-state index in [1.54, 1.807) is 20.8 Å². The summed E-state index contributed by atoms with van der Waals surface area (Å²) in [5.41, 5.74) is 0.867. The molecular formula is C29H46N2O8SSi. The first-order valence-electron chi connectivity index (χ1n) is 13.7. The largest absolute Gasteiger partial charge is 0.543 e. The zero-order valence-corrected chi connectivity index (χ0v) is 28.0. The number of esters is 2. The van der Waals surface area contributed by atoms with Gasteiger partial charge in [-0.2, -0.15) is 11.8 Å². The van der Waals surface area contributed by atoms with Crippen LogP contribution in [0.5, 0.6) is 5.75 Å². The van der Waals surface area contributed by atoms with Crippen LogP contribution < -0.4 is 15.1 Å². The minimum atomic E-state index is -2.30. The molecule has 0 bridgehead atoms. The Bertz CT molecular complexity index is 1150. The van der Waals surface area contributed by atoms with Crippen LogP contribution >= 0.6 is 11.8 Å². The number of alkyl carbamates (subject to hydrolysis) is 1. The summed E-state index contributed by atoms with van der Waals surface area (Å²) in [4.78, 5) is 51.6. The number of rotatable bonds is 6. The normalized spacial score (nSPS) is 19.1. The molecule has 1 aromatic carbocycles. The van der Waals surface area contributed by atoms with Crippen LogP contribution in [-0.4, -0.2) is 69.4 Å². The van der Waals surface area contributed by atoms with Gasteiger partial charge in [0.05, 0.1) is 12.7 Å². The average Bonchev–Trinajstić information content (AvgIpc) is 2.84. The van der Waals surface area contributed by atoms with E-state index in [-0.39, 0.29) is 10.8 Å². The van der Waals surface area contributed by atoms with Crippen molar-refractivity contribution in [2.45, 2.75) is 97.0 Å². The summed E-state index contributed by atoms with van der Waals surface area (Å²) in [6, 6.07) is 1.43. The summed E-state index contributed by atoms with van der Waals surface area (Å²) in [6.45, 7) is 19.5. The molecule has 0 unspecified atom stereocenters. The van der Waals surface area contributed by atoms with Gasteiger partial charge in [0.15, 0.2) is 0 Å². The van der Waals surface area contributed by atoms with Crippen molar-refractivity contribution >= 4 is 44.0 Å². The quantitative estimate of drug-likeness (QED) is 0.261. The highest BCUT2D eigenvalue weighted by Gasteiger charge is 2.45. The molecule has 230 valence electrons. The van der Waals surface area contributed by atoms with E-state index >= 15 is 0 Å². The summed E-state index contributed by atoms with van der Waals surface area (Å²) in [5, 5.41) is 5.00. The predicted molar refractivity (Wildman–Crippen MR) is 162 cm³/mol. The van der Waals surface area contributed by atoms with Gasteiger partial charge in [-0.25, -0.2) is 14.4 Å². The van der Waals surface area contributed by atoms with E-state index in [0.29, 0.717) is 34.1 Å².